The van der Waals surface area contributed by atoms with E-state index >= 15 is 0 Å². The molecule has 2 aromatic rings. The Morgan fingerprint density at radius 2 is 2.12 bits per heavy atom. The molecular formula is C19H23ClN3O2S+. The monoisotopic (exact) mass is 392 g/mol. The second-order valence-electron chi connectivity index (χ2n) is 6.59. The molecule has 2 atom stereocenters. The Bertz CT molecular complexity index is 821. The van der Waals surface area contributed by atoms with Crippen LogP contribution in [0.5, 0.6) is 0 Å². The quantitative estimate of drug-likeness (QED) is 0.728. The van der Waals surface area contributed by atoms with E-state index in [1.165, 1.54) is 15.3 Å². The van der Waals surface area contributed by atoms with Gasteiger partial charge in [0.2, 0.25) is 5.91 Å². The predicted molar refractivity (Wildman–Crippen MR) is 105 cm³/mol. The first-order valence-electron chi connectivity index (χ1n) is 8.68. The summed E-state index contributed by atoms with van der Waals surface area (Å²) in [4.78, 5) is 27.0. The van der Waals surface area contributed by atoms with Crippen molar-refractivity contribution in [1.29, 1.82) is 0 Å². The number of carbonyl (C=O) groups is 2. The minimum absolute atomic E-state index is 0.0455. The number of quaternary nitrogens is 1. The fourth-order valence-electron chi connectivity index (χ4n) is 3.28. The van der Waals surface area contributed by atoms with Crippen molar-refractivity contribution in [3.05, 3.63) is 50.7 Å². The molecule has 0 saturated heterocycles. The largest absolute Gasteiger partial charge is 0.342 e. The van der Waals surface area contributed by atoms with Crippen LogP contribution in [0.25, 0.3) is 0 Å². The summed E-state index contributed by atoms with van der Waals surface area (Å²) in [5.41, 5.74) is 2.82. The van der Waals surface area contributed by atoms with Crippen LogP contribution < -0.4 is 15.5 Å². The Balaban J connectivity index is 1.48. The molecule has 1 aliphatic heterocycles. The Hall–Kier alpha value is -1.89. The third-order valence-electron chi connectivity index (χ3n) is 4.91. The number of hydrogen-bond acceptors (Lipinski definition) is 3. The molecule has 138 valence electrons. The second kappa shape index (κ2) is 8.20. The molecule has 2 heterocycles. The molecule has 7 heteroatoms. The van der Waals surface area contributed by atoms with Crippen molar-refractivity contribution in [3.63, 3.8) is 0 Å². The van der Waals surface area contributed by atoms with E-state index in [-0.39, 0.29) is 18.4 Å². The topological polar surface area (TPSA) is 62.6 Å². The summed E-state index contributed by atoms with van der Waals surface area (Å²) in [5, 5.41) is 8.22. The molecule has 0 spiro atoms. The van der Waals surface area contributed by atoms with Crippen molar-refractivity contribution in [2.75, 3.05) is 25.0 Å². The summed E-state index contributed by atoms with van der Waals surface area (Å²) in [7, 11) is 0. The Morgan fingerprint density at radius 3 is 2.92 bits per heavy atom. The predicted octanol–water partition coefficient (Wildman–Crippen LogP) is 1.97. The molecule has 0 bridgehead atoms. The molecule has 5 nitrogen and oxygen atoms in total. The highest BCUT2D eigenvalue weighted by Gasteiger charge is 2.29. The van der Waals surface area contributed by atoms with E-state index in [0.29, 0.717) is 23.3 Å². The highest BCUT2D eigenvalue weighted by molar-refractivity contribution is 7.10. The Morgan fingerprint density at radius 1 is 1.31 bits per heavy atom. The van der Waals surface area contributed by atoms with Crippen LogP contribution in [-0.4, -0.2) is 31.4 Å². The van der Waals surface area contributed by atoms with Crippen LogP contribution in [0.15, 0.2) is 29.6 Å². The van der Waals surface area contributed by atoms with E-state index in [4.69, 9.17) is 11.6 Å². The van der Waals surface area contributed by atoms with E-state index < -0.39 is 0 Å². The first-order valence-corrected chi connectivity index (χ1v) is 9.94. The molecule has 0 fully saturated rings. The van der Waals surface area contributed by atoms with E-state index in [1.54, 1.807) is 29.5 Å². The molecule has 3 rings (SSSR count). The van der Waals surface area contributed by atoms with Gasteiger partial charge in [-0.25, -0.2) is 0 Å². The first-order chi connectivity index (χ1) is 12.5. The van der Waals surface area contributed by atoms with Gasteiger partial charge in [0.05, 0.1) is 13.1 Å². The molecule has 3 N–H and O–H groups in total. The van der Waals surface area contributed by atoms with Gasteiger partial charge in [0.25, 0.3) is 5.91 Å². The average Bonchev–Trinajstić information content (AvgIpc) is 3.09. The van der Waals surface area contributed by atoms with Crippen molar-refractivity contribution in [2.24, 2.45) is 0 Å². The molecular weight excluding hydrogens is 370 g/mol. The molecule has 0 aliphatic carbocycles. The number of carbonyl (C=O) groups excluding carboxylic acids is 2. The van der Waals surface area contributed by atoms with Crippen LogP contribution in [0.4, 0.5) is 5.69 Å². The van der Waals surface area contributed by atoms with Gasteiger partial charge >= 0.3 is 0 Å². The maximum absolute atomic E-state index is 12.3. The van der Waals surface area contributed by atoms with Crippen molar-refractivity contribution in [1.82, 2.24) is 5.32 Å². The van der Waals surface area contributed by atoms with Gasteiger partial charge in [-0.2, -0.15) is 0 Å². The van der Waals surface area contributed by atoms with Crippen LogP contribution in [0, 0.1) is 6.92 Å². The summed E-state index contributed by atoms with van der Waals surface area (Å²) in [6.45, 7) is 5.27. The summed E-state index contributed by atoms with van der Waals surface area (Å²) in [6, 6.07) is 7.80. The normalized spacial score (nSPS) is 18.9. The van der Waals surface area contributed by atoms with E-state index in [9.17, 15) is 9.59 Å². The minimum Gasteiger partial charge on any atom is -0.342 e. The molecule has 1 unspecified atom stereocenters. The number of amides is 2. The molecule has 0 radical (unpaired) electrons. The Kier molecular flexibility index (Phi) is 5.96. The van der Waals surface area contributed by atoms with Gasteiger partial charge in [-0.1, -0.05) is 17.7 Å². The van der Waals surface area contributed by atoms with Crippen LogP contribution in [0.3, 0.4) is 0 Å². The van der Waals surface area contributed by atoms with Crippen LogP contribution in [0.1, 0.15) is 29.0 Å². The molecule has 2 amide bonds. The number of hydrogen-bond donors (Lipinski definition) is 3. The van der Waals surface area contributed by atoms with Crippen LogP contribution in [-0.2, 0) is 16.0 Å². The number of fused-ring (bicyclic) bond motifs is 1. The zero-order valence-electron chi connectivity index (χ0n) is 14.9. The van der Waals surface area contributed by atoms with Crippen molar-refractivity contribution < 1.29 is 14.5 Å². The molecule has 1 aromatic carbocycles. The van der Waals surface area contributed by atoms with Gasteiger partial charge in [0.1, 0.15) is 6.04 Å². The standard InChI is InChI=1S/C19H22ClN3O2S/c1-12-15(20)4-3-5-16(12)22-18(24)10-21-19(25)11-23-8-6-17-14(13(23)2)7-9-26-17/h3-5,7,9,13H,6,8,10-11H2,1-2H3,(H,21,25)(H,22,24)/p+1/t13-/m0/s1. The third kappa shape index (κ3) is 4.26. The van der Waals surface area contributed by atoms with Crippen LogP contribution >= 0.6 is 22.9 Å². The van der Waals surface area contributed by atoms with Gasteiger partial charge in [-0.3, -0.25) is 9.59 Å². The van der Waals surface area contributed by atoms with Crippen molar-refractivity contribution in [2.45, 2.75) is 26.3 Å². The lowest BCUT2D eigenvalue weighted by Crippen LogP contribution is -3.14. The molecule has 1 aromatic heterocycles. The number of anilines is 1. The maximum Gasteiger partial charge on any atom is 0.275 e. The van der Waals surface area contributed by atoms with Crippen LogP contribution in [0.2, 0.25) is 5.02 Å². The van der Waals surface area contributed by atoms with Crippen molar-refractivity contribution >= 4 is 40.4 Å². The minimum atomic E-state index is -0.259. The Labute approximate surface area is 162 Å². The van der Waals surface area contributed by atoms with Crippen molar-refractivity contribution in [3.8, 4) is 0 Å². The fourth-order valence-corrected chi connectivity index (χ4v) is 4.43. The highest BCUT2D eigenvalue weighted by Crippen LogP contribution is 2.24. The van der Waals surface area contributed by atoms with Gasteiger partial charge in [-0.05, 0) is 43.0 Å². The number of halogens is 1. The maximum atomic E-state index is 12.3. The second-order valence-corrected chi connectivity index (χ2v) is 8.00. The summed E-state index contributed by atoms with van der Waals surface area (Å²) >= 11 is 7.84. The van der Waals surface area contributed by atoms with Gasteiger partial charge in [0, 0.05) is 27.6 Å². The summed E-state index contributed by atoms with van der Waals surface area (Å²) < 4.78 is 0. The zero-order valence-corrected chi connectivity index (χ0v) is 16.5. The van der Waals surface area contributed by atoms with Gasteiger partial charge in [-0.15, -0.1) is 11.3 Å². The summed E-state index contributed by atoms with van der Waals surface area (Å²) in [5.74, 6) is -0.367. The smallest absolute Gasteiger partial charge is 0.275 e. The zero-order chi connectivity index (χ0) is 18.7. The lowest BCUT2D eigenvalue weighted by molar-refractivity contribution is -0.924. The number of rotatable bonds is 5. The van der Waals surface area contributed by atoms with Gasteiger partial charge in [0.15, 0.2) is 6.54 Å². The lowest BCUT2D eigenvalue weighted by atomic mass is 10.0. The van der Waals surface area contributed by atoms with Gasteiger partial charge < -0.3 is 15.5 Å². The molecule has 1 aliphatic rings. The average molecular weight is 393 g/mol. The SMILES string of the molecule is Cc1c(Cl)cccc1NC(=O)CNC(=O)C[NH+]1CCc2sccc2[C@@H]1C. The van der Waals surface area contributed by atoms with E-state index in [0.717, 1.165) is 18.5 Å². The third-order valence-corrected chi connectivity index (χ3v) is 6.31. The summed E-state index contributed by atoms with van der Waals surface area (Å²) in [6.07, 6.45) is 1.01. The molecule has 0 saturated carbocycles. The highest BCUT2D eigenvalue weighted by atomic mass is 35.5. The number of benzene rings is 1. The lowest BCUT2D eigenvalue weighted by Gasteiger charge is -2.29. The van der Waals surface area contributed by atoms with E-state index in [2.05, 4.69) is 29.0 Å². The number of thiophene rings is 1. The molecule has 26 heavy (non-hydrogen) atoms. The van der Waals surface area contributed by atoms with E-state index in [1.807, 2.05) is 6.92 Å². The first kappa shape index (κ1) is 18.9. The fraction of sp³-hybridized carbons (Fsp3) is 0.368. The number of nitrogens with one attached hydrogen (secondary N) is 3.